The summed E-state index contributed by atoms with van der Waals surface area (Å²) in [6.45, 7) is 3.04. The molecule has 1 amide bonds. The number of nitrogens with one attached hydrogen (secondary N) is 1. The Morgan fingerprint density at radius 1 is 1.08 bits per heavy atom. The lowest BCUT2D eigenvalue weighted by molar-refractivity contribution is -0.139. The fourth-order valence-corrected chi connectivity index (χ4v) is 2.48. The Morgan fingerprint density at radius 3 is 2.25 bits per heavy atom. The van der Waals surface area contributed by atoms with Crippen molar-refractivity contribution >= 4 is 17.6 Å². The molecule has 0 aliphatic carbocycles. The molecule has 0 aliphatic rings. The fraction of sp³-hybridized carbons (Fsp3) is 0.263. The first kappa shape index (κ1) is 17.5. The molecule has 0 bridgehead atoms. The van der Waals surface area contributed by atoms with Gasteiger partial charge >= 0.3 is 5.97 Å². The minimum absolute atomic E-state index is 0.407. The highest BCUT2D eigenvalue weighted by molar-refractivity contribution is 5.97. The summed E-state index contributed by atoms with van der Waals surface area (Å²) in [4.78, 5) is 25.9. The van der Waals surface area contributed by atoms with E-state index < -0.39 is 17.9 Å². The van der Waals surface area contributed by atoms with E-state index in [1.165, 1.54) is 0 Å². The van der Waals surface area contributed by atoms with Crippen molar-refractivity contribution in [2.45, 2.75) is 19.4 Å². The van der Waals surface area contributed by atoms with Crippen molar-refractivity contribution in [3.8, 4) is 0 Å². The Bertz CT molecular complexity index is 684. The number of carboxylic acids is 1. The van der Waals surface area contributed by atoms with Crippen molar-refractivity contribution in [1.82, 2.24) is 5.32 Å². The highest BCUT2D eigenvalue weighted by Gasteiger charge is 2.22. The molecule has 0 saturated carbocycles. The second-order valence-electron chi connectivity index (χ2n) is 5.62. The summed E-state index contributed by atoms with van der Waals surface area (Å²) in [6.07, 6.45) is 1.04. The summed E-state index contributed by atoms with van der Waals surface area (Å²) in [7, 11) is 1.99. The Morgan fingerprint density at radius 2 is 1.71 bits per heavy atom. The third-order valence-electron chi connectivity index (χ3n) is 3.78. The van der Waals surface area contributed by atoms with Crippen molar-refractivity contribution in [3.63, 3.8) is 0 Å². The van der Waals surface area contributed by atoms with Crippen LogP contribution in [0.25, 0.3) is 0 Å². The SMILES string of the molecule is CCCN(C)c1ccc(C(=O)N[C@H](C(=O)O)c2ccccc2)cc1. The molecule has 2 aromatic rings. The number of carboxylic acid groups (broad SMARTS) is 1. The fourth-order valence-electron chi connectivity index (χ4n) is 2.48. The lowest BCUT2D eigenvalue weighted by atomic mass is 10.1. The van der Waals surface area contributed by atoms with E-state index in [9.17, 15) is 14.7 Å². The van der Waals surface area contributed by atoms with Gasteiger partial charge in [0.05, 0.1) is 0 Å². The molecule has 2 aromatic carbocycles. The van der Waals surface area contributed by atoms with Gasteiger partial charge in [0.2, 0.25) is 0 Å². The molecule has 0 unspecified atom stereocenters. The largest absolute Gasteiger partial charge is 0.479 e. The molecule has 2 rings (SSSR count). The first-order valence-electron chi connectivity index (χ1n) is 7.92. The first-order chi connectivity index (χ1) is 11.5. The van der Waals surface area contributed by atoms with Gasteiger partial charge in [-0.1, -0.05) is 37.3 Å². The average molecular weight is 326 g/mol. The lowest BCUT2D eigenvalue weighted by Gasteiger charge is -2.19. The van der Waals surface area contributed by atoms with E-state index >= 15 is 0 Å². The maximum Gasteiger partial charge on any atom is 0.330 e. The molecule has 0 saturated heterocycles. The van der Waals surface area contributed by atoms with Gasteiger partial charge in [0, 0.05) is 24.8 Å². The third-order valence-corrected chi connectivity index (χ3v) is 3.78. The number of nitrogens with zero attached hydrogens (tertiary/aromatic N) is 1. The Kier molecular flexibility index (Phi) is 5.95. The van der Waals surface area contributed by atoms with Crippen LogP contribution in [-0.4, -0.2) is 30.6 Å². The summed E-state index contributed by atoms with van der Waals surface area (Å²) < 4.78 is 0. The van der Waals surface area contributed by atoms with Gasteiger partial charge in [-0.3, -0.25) is 4.79 Å². The van der Waals surface area contributed by atoms with Crippen LogP contribution in [0.15, 0.2) is 54.6 Å². The first-order valence-corrected chi connectivity index (χ1v) is 7.92. The van der Waals surface area contributed by atoms with Crippen molar-refractivity contribution in [2.24, 2.45) is 0 Å². The van der Waals surface area contributed by atoms with Crippen molar-refractivity contribution in [1.29, 1.82) is 0 Å². The molecule has 126 valence electrons. The van der Waals surface area contributed by atoms with Crippen molar-refractivity contribution in [3.05, 3.63) is 65.7 Å². The van der Waals surface area contributed by atoms with Crippen molar-refractivity contribution in [2.75, 3.05) is 18.5 Å². The minimum atomic E-state index is -1.09. The van der Waals surface area contributed by atoms with E-state index in [2.05, 4.69) is 17.1 Å². The smallest absolute Gasteiger partial charge is 0.330 e. The second kappa shape index (κ2) is 8.15. The Hall–Kier alpha value is -2.82. The number of hydrogen-bond donors (Lipinski definition) is 2. The number of rotatable bonds is 7. The van der Waals surface area contributed by atoms with Crippen LogP contribution < -0.4 is 10.2 Å². The number of carbonyl (C=O) groups is 2. The third kappa shape index (κ3) is 4.35. The van der Waals surface area contributed by atoms with Gasteiger partial charge < -0.3 is 15.3 Å². The standard InChI is InChI=1S/C19H22N2O3/c1-3-13-21(2)16-11-9-15(10-12-16)18(22)20-17(19(23)24)14-7-5-4-6-8-14/h4-12,17H,3,13H2,1-2H3,(H,20,22)(H,23,24)/t17-/m0/s1. The van der Waals surface area contributed by atoms with Crippen molar-refractivity contribution < 1.29 is 14.7 Å². The summed E-state index contributed by atoms with van der Waals surface area (Å²) in [6, 6.07) is 14.7. The molecule has 0 radical (unpaired) electrons. The average Bonchev–Trinajstić information content (AvgIpc) is 2.60. The number of carbonyl (C=O) groups excluding carboxylic acids is 1. The van der Waals surface area contributed by atoms with Gasteiger partial charge in [-0.2, -0.15) is 0 Å². The van der Waals surface area contributed by atoms with Crippen LogP contribution in [-0.2, 0) is 4.79 Å². The van der Waals surface area contributed by atoms with Crippen LogP contribution in [0.4, 0.5) is 5.69 Å². The molecular formula is C19H22N2O3. The van der Waals surface area contributed by atoms with Crippen LogP contribution in [0.2, 0.25) is 0 Å². The molecule has 5 heteroatoms. The van der Waals surface area contributed by atoms with Crippen LogP contribution in [0.3, 0.4) is 0 Å². The van der Waals surface area contributed by atoms with Gasteiger partial charge in [0.25, 0.3) is 5.91 Å². The number of amides is 1. The maximum atomic E-state index is 12.4. The molecule has 24 heavy (non-hydrogen) atoms. The minimum Gasteiger partial charge on any atom is -0.479 e. The van der Waals surface area contributed by atoms with E-state index in [4.69, 9.17) is 0 Å². The Labute approximate surface area is 141 Å². The van der Waals surface area contributed by atoms with Crippen LogP contribution in [0.1, 0.15) is 35.3 Å². The summed E-state index contributed by atoms with van der Waals surface area (Å²) in [5.41, 5.74) is 2.00. The lowest BCUT2D eigenvalue weighted by Crippen LogP contribution is -2.33. The molecule has 0 heterocycles. The van der Waals surface area contributed by atoms with Gasteiger partial charge in [0.15, 0.2) is 6.04 Å². The summed E-state index contributed by atoms with van der Waals surface area (Å²) in [5.74, 6) is -1.50. The van der Waals surface area contributed by atoms with Crippen LogP contribution in [0.5, 0.6) is 0 Å². The van der Waals surface area contributed by atoms with E-state index in [0.717, 1.165) is 18.7 Å². The summed E-state index contributed by atoms with van der Waals surface area (Å²) in [5, 5.41) is 11.9. The quantitative estimate of drug-likeness (QED) is 0.820. The molecule has 0 aromatic heterocycles. The zero-order valence-electron chi connectivity index (χ0n) is 13.9. The van der Waals surface area contributed by atoms with Crippen LogP contribution in [0, 0.1) is 0 Å². The molecule has 0 aliphatic heterocycles. The normalized spacial score (nSPS) is 11.6. The molecule has 5 nitrogen and oxygen atoms in total. The van der Waals surface area contributed by atoms with Crippen LogP contribution >= 0.6 is 0 Å². The van der Waals surface area contributed by atoms with Gasteiger partial charge in [-0.25, -0.2) is 4.79 Å². The number of hydrogen-bond acceptors (Lipinski definition) is 3. The molecule has 0 spiro atoms. The molecule has 0 fully saturated rings. The molecule has 2 N–H and O–H groups in total. The number of benzene rings is 2. The predicted octanol–water partition coefficient (Wildman–Crippen LogP) is 3.09. The Balaban J connectivity index is 2.12. The predicted molar refractivity (Wildman–Crippen MR) is 94.3 cm³/mol. The van der Waals surface area contributed by atoms with E-state index in [1.54, 1.807) is 42.5 Å². The monoisotopic (exact) mass is 326 g/mol. The zero-order chi connectivity index (χ0) is 17.5. The maximum absolute atomic E-state index is 12.4. The van der Waals surface area contributed by atoms with Gasteiger partial charge in [-0.05, 0) is 36.2 Å². The zero-order valence-corrected chi connectivity index (χ0v) is 13.9. The molecule has 1 atom stereocenters. The molecular weight excluding hydrogens is 304 g/mol. The number of aliphatic carboxylic acids is 1. The van der Waals surface area contributed by atoms with E-state index in [-0.39, 0.29) is 0 Å². The van der Waals surface area contributed by atoms with Gasteiger partial charge in [0.1, 0.15) is 0 Å². The highest BCUT2D eigenvalue weighted by Crippen LogP contribution is 2.17. The second-order valence-corrected chi connectivity index (χ2v) is 5.62. The highest BCUT2D eigenvalue weighted by atomic mass is 16.4. The van der Waals surface area contributed by atoms with E-state index in [0.29, 0.717) is 11.1 Å². The number of anilines is 1. The topological polar surface area (TPSA) is 69.6 Å². The van der Waals surface area contributed by atoms with E-state index in [1.807, 2.05) is 19.2 Å². The summed E-state index contributed by atoms with van der Waals surface area (Å²) >= 11 is 0. The van der Waals surface area contributed by atoms with Gasteiger partial charge in [-0.15, -0.1) is 0 Å².